The molecule has 0 saturated carbocycles. The molecule has 4 rings (SSSR count). The summed E-state index contributed by atoms with van der Waals surface area (Å²) in [7, 11) is 0. The molecule has 1 aromatic heterocycles. The summed E-state index contributed by atoms with van der Waals surface area (Å²) in [5.74, 6) is 0.705. The number of hydrogen-bond donors (Lipinski definition) is 0. The smallest absolute Gasteiger partial charge is 0.309 e. The molecule has 7 heteroatoms. The Morgan fingerprint density at radius 2 is 2.04 bits per heavy atom. The third-order valence-corrected chi connectivity index (χ3v) is 7.53. The van der Waals surface area contributed by atoms with Crippen LogP contribution in [0.3, 0.4) is 0 Å². The van der Waals surface area contributed by atoms with Crippen molar-refractivity contribution in [3.8, 4) is 10.4 Å². The third kappa shape index (κ3) is 3.75. The van der Waals surface area contributed by atoms with Gasteiger partial charge in [-0.1, -0.05) is 17.7 Å². The Labute approximate surface area is 171 Å². The first-order chi connectivity index (χ1) is 13.1. The first-order valence-electron chi connectivity index (χ1n) is 9.08. The number of carbonyl (C=O) groups is 2. The van der Waals surface area contributed by atoms with E-state index >= 15 is 0 Å². The molecule has 0 bridgehead atoms. The van der Waals surface area contributed by atoms with Gasteiger partial charge in [-0.15, -0.1) is 23.1 Å². The first-order valence-corrected chi connectivity index (χ1v) is 11.3. The molecule has 0 unspecified atom stereocenters. The van der Waals surface area contributed by atoms with Crippen LogP contribution in [0, 0.1) is 5.92 Å². The van der Waals surface area contributed by atoms with Crippen molar-refractivity contribution in [2.24, 2.45) is 5.92 Å². The molecule has 2 aliphatic heterocycles. The predicted octanol–water partition coefficient (Wildman–Crippen LogP) is 5.09. The van der Waals surface area contributed by atoms with Gasteiger partial charge in [-0.25, -0.2) is 0 Å². The van der Waals surface area contributed by atoms with Crippen molar-refractivity contribution in [2.75, 3.05) is 19.7 Å². The van der Waals surface area contributed by atoms with Crippen LogP contribution in [0.1, 0.15) is 35.0 Å². The van der Waals surface area contributed by atoms with Gasteiger partial charge in [0.15, 0.2) is 0 Å². The number of likely N-dealkylation sites (tertiary alicyclic amines) is 1. The van der Waals surface area contributed by atoms with Crippen molar-refractivity contribution < 1.29 is 14.3 Å². The number of nitrogens with zero attached hydrogens (tertiary/aromatic N) is 1. The molecule has 0 aliphatic carbocycles. The fourth-order valence-corrected chi connectivity index (χ4v) is 6.22. The number of amides is 1. The summed E-state index contributed by atoms with van der Waals surface area (Å²) in [5.41, 5.74) is 2.38. The summed E-state index contributed by atoms with van der Waals surface area (Å²) in [4.78, 5) is 29.8. The molecule has 27 heavy (non-hydrogen) atoms. The number of fused-ring (bicyclic) bond motifs is 3. The van der Waals surface area contributed by atoms with E-state index in [4.69, 9.17) is 16.3 Å². The van der Waals surface area contributed by atoms with Crippen LogP contribution < -0.4 is 0 Å². The molecule has 1 fully saturated rings. The topological polar surface area (TPSA) is 46.6 Å². The SMILES string of the molecule is CCOC(=O)C1CCN(C(=O)c2cc3c(s2)-c2ccc(Cl)cc2SC3)CC1. The van der Waals surface area contributed by atoms with Crippen LogP contribution in [0.4, 0.5) is 0 Å². The maximum atomic E-state index is 13.0. The van der Waals surface area contributed by atoms with Crippen LogP contribution in [-0.4, -0.2) is 36.5 Å². The average Bonchev–Trinajstić information content (AvgIpc) is 3.12. The largest absolute Gasteiger partial charge is 0.466 e. The Balaban J connectivity index is 1.49. The van der Waals surface area contributed by atoms with E-state index < -0.39 is 0 Å². The Morgan fingerprint density at radius 3 is 2.78 bits per heavy atom. The van der Waals surface area contributed by atoms with Crippen molar-refractivity contribution in [1.82, 2.24) is 4.90 Å². The highest BCUT2D eigenvalue weighted by Gasteiger charge is 2.30. The molecule has 0 spiro atoms. The van der Waals surface area contributed by atoms with Gasteiger partial charge < -0.3 is 9.64 Å². The van der Waals surface area contributed by atoms with E-state index in [1.165, 1.54) is 15.3 Å². The number of piperidine rings is 1. The molecule has 142 valence electrons. The van der Waals surface area contributed by atoms with Crippen molar-refractivity contribution in [1.29, 1.82) is 0 Å². The zero-order valence-electron chi connectivity index (χ0n) is 15.0. The van der Waals surface area contributed by atoms with Gasteiger partial charge in [-0.05, 0) is 43.5 Å². The molecule has 0 N–H and O–H groups in total. The Hall–Kier alpha value is -1.50. The minimum atomic E-state index is -0.136. The third-order valence-electron chi connectivity index (χ3n) is 4.99. The molecule has 2 aliphatic rings. The second kappa shape index (κ2) is 7.86. The van der Waals surface area contributed by atoms with Crippen LogP contribution >= 0.6 is 34.7 Å². The Kier molecular flexibility index (Phi) is 5.48. The number of rotatable bonds is 3. The molecular formula is C20H20ClNO3S2. The second-order valence-corrected chi connectivity index (χ2v) is 9.22. The zero-order chi connectivity index (χ0) is 19.0. The van der Waals surface area contributed by atoms with Gasteiger partial charge in [0.2, 0.25) is 0 Å². The lowest BCUT2D eigenvalue weighted by molar-refractivity contribution is -0.149. The van der Waals surface area contributed by atoms with Crippen LogP contribution in [0.5, 0.6) is 0 Å². The minimum absolute atomic E-state index is 0.0669. The molecule has 0 atom stereocenters. The van der Waals surface area contributed by atoms with Crippen LogP contribution in [0.15, 0.2) is 29.2 Å². The number of thioether (sulfide) groups is 1. The molecule has 1 amide bonds. The average molecular weight is 422 g/mol. The van der Waals surface area contributed by atoms with Gasteiger partial charge in [0.05, 0.1) is 17.4 Å². The van der Waals surface area contributed by atoms with Gasteiger partial charge >= 0.3 is 5.97 Å². The second-order valence-electron chi connectivity index (χ2n) is 6.71. The van der Waals surface area contributed by atoms with Crippen LogP contribution in [0.25, 0.3) is 10.4 Å². The molecule has 4 nitrogen and oxygen atoms in total. The van der Waals surface area contributed by atoms with E-state index in [1.54, 1.807) is 23.1 Å². The van der Waals surface area contributed by atoms with E-state index in [0.29, 0.717) is 32.5 Å². The summed E-state index contributed by atoms with van der Waals surface area (Å²) in [6.07, 6.45) is 1.35. The number of halogens is 1. The number of hydrogen-bond acceptors (Lipinski definition) is 5. The van der Waals surface area contributed by atoms with Crippen molar-refractivity contribution in [3.63, 3.8) is 0 Å². The highest BCUT2D eigenvalue weighted by molar-refractivity contribution is 7.98. The number of benzene rings is 1. The monoisotopic (exact) mass is 421 g/mol. The predicted molar refractivity (Wildman–Crippen MR) is 110 cm³/mol. The summed E-state index contributed by atoms with van der Waals surface area (Å²) in [6.45, 7) is 3.43. The number of thiophene rings is 1. The Morgan fingerprint density at radius 1 is 1.26 bits per heavy atom. The van der Waals surface area contributed by atoms with E-state index in [-0.39, 0.29) is 17.8 Å². The quantitative estimate of drug-likeness (QED) is 0.647. The maximum absolute atomic E-state index is 13.0. The van der Waals surface area contributed by atoms with Gasteiger partial charge in [-0.3, -0.25) is 9.59 Å². The summed E-state index contributed by atoms with van der Waals surface area (Å²) in [5, 5.41) is 0.738. The number of carbonyl (C=O) groups excluding carboxylic acids is 2. The lowest BCUT2D eigenvalue weighted by Crippen LogP contribution is -2.40. The van der Waals surface area contributed by atoms with Crippen molar-refractivity contribution >= 4 is 46.6 Å². The maximum Gasteiger partial charge on any atom is 0.309 e. The lowest BCUT2D eigenvalue weighted by Gasteiger charge is -2.30. The van der Waals surface area contributed by atoms with Gasteiger partial charge in [0.25, 0.3) is 5.91 Å². The molecule has 3 heterocycles. The van der Waals surface area contributed by atoms with Crippen molar-refractivity contribution in [2.45, 2.75) is 30.4 Å². The number of esters is 1. The zero-order valence-corrected chi connectivity index (χ0v) is 17.4. The molecular weight excluding hydrogens is 402 g/mol. The molecule has 2 aromatic rings. The normalized spacial score (nSPS) is 16.6. The van der Waals surface area contributed by atoms with Crippen LogP contribution in [0.2, 0.25) is 5.02 Å². The van der Waals surface area contributed by atoms with E-state index in [0.717, 1.165) is 21.2 Å². The minimum Gasteiger partial charge on any atom is -0.466 e. The highest BCUT2D eigenvalue weighted by atomic mass is 35.5. The highest BCUT2D eigenvalue weighted by Crippen LogP contribution is 2.46. The standard InChI is InChI=1S/C20H20ClNO3S2/c1-2-25-20(24)12-5-7-22(8-6-12)19(23)17-9-13-11-26-16-10-14(21)3-4-15(16)18(13)27-17/h3-4,9-10,12H,2,5-8,11H2,1H3. The van der Waals surface area contributed by atoms with E-state index in [9.17, 15) is 9.59 Å². The molecule has 0 radical (unpaired) electrons. The van der Waals surface area contributed by atoms with E-state index in [1.807, 2.05) is 36.1 Å². The lowest BCUT2D eigenvalue weighted by atomic mass is 9.97. The summed E-state index contributed by atoms with van der Waals surface area (Å²) < 4.78 is 5.11. The molecule has 1 saturated heterocycles. The number of ether oxygens (including phenoxy) is 1. The summed E-state index contributed by atoms with van der Waals surface area (Å²) in [6, 6.07) is 7.96. The van der Waals surface area contributed by atoms with Gasteiger partial charge in [-0.2, -0.15) is 0 Å². The first kappa shape index (κ1) is 18.8. The summed E-state index contributed by atoms with van der Waals surface area (Å²) >= 11 is 9.43. The fourth-order valence-electron chi connectivity index (χ4n) is 3.56. The van der Waals surface area contributed by atoms with Gasteiger partial charge in [0, 0.05) is 39.2 Å². The Bertz CT molecular complexity index is 887. The molecule has 1 aromatic carbocycles. The van der Waals surface area contributed by atoms with Crippen molar-refractivity contribution in [3.05, 3.63) is 39.7 Å². The fraction of sp³-hybridized carbons (Fsp3) is 0.400. The van der Waals surface area contributed by atoms with Gasteiger partial charge in [0.1, 0.15) is 0 Å². The van der Waals surface area contributed by atoms with Crippen LogP contribution in [-0.2, 0) is 15.3 Å². The van der Waals surface area contributed by atoms with E-state index in [2.05, 4.69) is 0 Å².